The lowest BCUT2D eigenvalue weighted by atomic mass is 10.5. The molecule has 1 aromatic heterocycles. The molecule has 0 bridgehead atoms. The first-order valence-corrected chi connectivity index (χ1v) is 9.64. The predicted molar refractivity (Wildman–Crippen MR) is 83.1 cm³/mol. The molecule has 0 N–H and O–H groups in total. The van der Waals surface area contributed by atoms with Crippen LogP contribution in [0.5, 0.6) is 0 Å². The van der Waals surface area contributed by atoms with Gasteiger partial charge in [-0.3, -0.25) is 0 Å². The summed E-state index contributed by atoms with van der Waals surface area (Å²) in [6, 6.07) is 0. The minimum Gasteiger partial charge on any atom is -0.460 e. The first-order chi connectivity index (χ1) is 9.28. The number of esters is 1. The summed E-state index contributed by atoms with van der Waals surface area (Å²) < 4.78 is 10.8. The Labute approximate surface area is 122 Å². The largest absolute Gasteiger partial charge is 0.460 e. The second kappa shape index (κ2) is 6.57. The van der Waals surface area contributed by atoms with E-state index in [4.69, 9.17) is 9.15 Å². The molecular formula is C15H27NO3Si. The van der Waals surface area contributed by atoms with Gasteiger partial charge in [0, 0.05) is 0 Å². The number of carbonyl (C=O) groups is 1. The summed E-state index contributed by atoms with van der Waals surface area (Å²) >= 11 is 0. The van der Waals surface area contributed by atoms with Crippen LogP contribution >= 0.6 is 0 Å². The number of rotatable bonds is 6. The fraction of sp³-hybridized carbons (Fsp3) is 0.733. The monoisotopic (exact) mass is 297 g/mol. The summed E-state index contributed by atoms with van der Waals surface area (Å²) in [5.74, 6) is -0.203. The average molecular weight is 297 g/mol. The highest BCUT2D eigenvalue weighted by atomic mass is 28.3. The van der Waals surface area contributed by atoms with Gasteiger partial charge in [0.1, 0.15) is 0 Å². The van der Waals surface area contributed by atoms with Crippen molar-refractivity contribution in [3.05, 3.63) is 12.0 Å². The predicted octanol–water partition coefficient (Wildman–Crippen LogP) is 3.74. The Hall–Kier alpha value is -1.10. The van der Waals surface area contributed by atoms with E-state index in [1.807, 2.05) is 0 Å². The Kier molecular flexibility index (Phi) is 5.56. The molecule has 1 rings (SSSR count). The minimum atomic E-state index is -1.94. The maximum atomic E-state index is 11.8. The van der Waals surface area contributed by atoms with Crippen LogP contribution in [0, 0.1) is 0 Å². The lowest BCUT2D eigenvalue weighted by Crippen LogP contribution is -2.56. The van der Waals surface area contributed by atoms with Crippen LogP contribution in [-0.2, 0) is 4.74 Å². The summed E-state index contributed by atoms with van der Waals surface area (Å²) in [7, 11) is -1.94. The quantitative estimate of drug-likeness (QED) is 0.593. The minimum absolute atomic E-state index is 0.223. The van der Waals surface area contributed by atoms with Gasteiger partial charge in [0.2, 0.25) is 5.76 Å². The van der Waals surface area contributed by atoms with E-state index in [1.165, 1.54) is 6.20 Å². The van der Waals surface area contributed by atoms with E-state index in [0.29, 0.717) is 23.2 Å². The van der Waals surface area contributed by atoms with Crippen LogP contribution in [0.25, 0.3) is 0 Å². The molecule has 1 aromatic rings. The zero-order valence-corrected chi connectivity index (χ0v) is 14.7. The molecule has 114 valence electrons. The summed E-state index contributed by atoms with van der Waals surface area (Å²) in [6.07, 6.45) is 1.52. The van der Waals surface area contributed by atoms with Gasteiger partial charge >= 0.3 is 5.97 Å². The van der Waals surface area contributed by atoms with Crippen molar-refractivity contribution < 1.29 is 13.9 Å². The number of hydrogen-bond acceptors (Lipinski definition) is 4. The van der Waals surface area contributed by atoms with Gasteiger partial charge in [-0.25, -0.2) is 9.78 Å². The Morgan fingerprint density at radius 1 is 1.20 bits per heavy atom. The maximum absolute atomic E-state index is 11.8. The third kappa shape index (κ3) is 2.82. The molecule has 0 aliphatic rings. The smallest absolute Gasteiger partial charge is 0.375 e. The summed E-state index contributed by atoms with van der Waals surface area (Å²) in [5, 5.41) is 0. The zero-order valence-electron chi connectivity index (χ0n) is 13.7. The van der Waals surface area contributed by atoms with Gasteiger partial charge in [0.05, 0.1) is 12.8 Å². The van der Waals surface area contributed by atoms with E-state index >= 15 is 0 Å². The van der Waals surface area contributed by atoms with Crippen molar-refractivity contribution in [1.29, 1.82) is 0 Å². The van der Waals surface area contributed by atoms with Gasteiger partial charge in [0.15, 0.2) is 13.6 Å². The molecule has 0 amide bonds. The number of aromatic nitrogens is 1. The van der Waals surface area contributed by atoms with Crippen molar-refractivity contribution >= 4 is 19.6 Å². The highest BCUT2D eigenvalue weighted by Crippen LogP contribution is 2.40. The fourth-order valence-corrected chi connectivity index (χ4v) is 9.57. The molecule has 4 nitrogen and oxygen atoms in total. The van der Waals surface area contributed by atoms with E-state index in [1.54, 1.807) is 6.92 Å². The van der Waals surface area contributed by atoms with E-state index in [2.05, 4.69) is 46.5 Å². The van der Waals surface area contributed by atoms with Crippen LogP contribution in [-0.4, -0.2) is 25.6 Å². The van der Waals surface area contributed by atoms with Crippen LogP contribution in [0.1, 0.15) is 59.0 Å². The SMILES string of the molecule is CCOC(=O)c1cnc([Si](C(C)C)(C(C)C)C(C)C)o1. The van der Waals surface area contributed by atoms with E-state index < -0.39 is 14.0 Å². The van der Waals surface area contributed by atoms with Crippen molar-refractivity contribution in [2.24, 2.45) is 0 Å². The highest BCUT2D eigenvalue weighted by molar-refractivity contribution is 6.93. The summed E-state index contributed by atoms with van der Waals surface area (Å²) in [4.78, 5) is 16.2. The molecule has 1 heterocycles. The van der Waals surface area contributed by atoms with Crippen LogP contribution in [0.2, 0.25) is 16.6 Å². The number of hydrogen-bond donors (Lipinski definition) is 0. The molecule has 0 fully saturated rings. The summed E-state index contributed by atoms with van der Waals surface area (Å²) in [6.45, 7) is 15.5. The molecule has 20 heavy (non-hydrogen) atoms. The van der Waals surface area contributed by atoms with Crippen LogP contribution < -0.4 is 5.51 Å². The Bertz CT molecular complexity index is 430. The summed E-state index contributed by atoms with van der Waals surface area (Å²) in [5.41, 5.74) is 2.27. The molecule has 0 aromatic carbocycles. The number of nitrogens with zero attached hydrogens (tertiary/aromatic N) is 1. The Balaban J connectivity index is 3.26. The van der Waals surface area contributed by atoms with Gasteiger partial charge < -0.3 is 9.15 Å². The van der Waals surface area contributed by atoms with Crippen molar-refractivity contribution in [2.45, 2.75) is 65.1 Å². The lowest BCUT2D eigenvalue weighted by molar-refractivity contribution is 0.0491. The fourth-order valence-electron chi connectivity index (χ4n) is 3.51. The van der Waals surface area contributed by atoms with Gasteiger partial charge in [-0.15, -0.1) is 0 Å². The lowest BCUT2D eigenvalue weighted by Gasteiger charge is -2.39. The molecule has 0 spiro atoms. The van der Waals surface area contributed by atoms with Gasteiger partial charge in [-0.2, -0.15) is 0 Å². The molecule has 0 atom stereocenters. The van der Waals surface area contributed by atoms with Gasteiger partial charge in [0.25, 0.3) is 0 Å². The number of ether oxygens (including phenoxy) is 1. The van der Waals surface area contributed by atoms with Crippen molar-refractivity contribution in [3.8, 4) is 0 Å². The number of carbonyl (C=O) groups excluding carboxylic acids is 1. The van der Waals surface area contributed by atoms with E-state index in [0.717, 1.165) is 5.51 Å². The molecule has 5 heteroatoms. The second-order valence-electron chi connectivity index (χ2n) is 6.15. The standard InChI is InChI=1S/C15H27NO3Si/c1-8-18-14(17)13-9-16-15(19-13)20(10(2)3,11(4)5)12(6)7/h9-12H,8H2,1-7H3. The van der Waals surface area contributed by atoms with Gasteiger partial charge in [-0.1, -0.05) is 41.5 Å². The molecule has 0 aliphatic heterocycles. The third-order valence-corrected chi connectivity index (χ3v) is 10.9. The van der Waals surface area contributed by atoms with Gasteiger partial charge in [-0.05, 0) is 23.5 Å². The van der Waals surface area contributed by atoms with Crippen molar-refractivity contribution in [3.63, 3.8) is 0 Å². The molecule has 0 saturated carbocycles. The number of oxazole rings is 1. The molecule has 0 aliphatic carbocycles. The molecular weight excluding hydrogens is 270 g/mol. The molecule has 0 radical (unpaired) electrons. The highest BCUT2D eigenvalue weighted by Gasteiger charge is 2.49. The molecule has 0 unspecified atom stereocenters. The molecule has 0 saturated heterocycles. The van der Waals surface area contributed by atoms with E-state index in [-0.39, 0.29) is 5.76 Å². The first-order valence-electron chi connectivity index (χ1n) is 7.41. The normalized spacial score (nSPS) is 12.5. The Morgan fingerprint density at radius 2 is 1.70 bits per heavy atom. The first kappa shape index (κ1) is 16.9. The second-order valence-corrected chi connectivity index (χ2v) is 11.9. The zero-order chi connectivity index (χ0) is 15.5. The maximum Gasteiger partial charge on any atom is 0.375 e. The third-order valence-electron chi connectivity index (χ3n) is 4.22. The van der Waals surface area contributed by atoms with Crippen molar-refractivity contribution in [1.82, 2.24) is 4.98 Å². The Morgan fingerprint density at radius 3 is 2.10 bits per heavy atom. The van der Waals surface area contributed by atoms with Crippen molar-refractivity contribution in [2.75, 3.05) is 6.61 Å². The van der Waals surface area contributed by atoms with E-state index in [9.17, 15) is 4.79 Å². The van der Waals surface area contributed by atoms with Crippen LogP contribution in [0.15, 0.2) is 10.6 Å². The topological polar surface area (TPSA) is 52.3 Å². The average Bonchev–Trinajstić information content (AvgIpc) is 2.78. The van der Waals surface area contributed by atoms with Crippen LogP contribution in [0.3, 0.4) is 0 Å². The van der Waals surface area contributed by atoms with Crippen LogP contribution in [0.4, 0.5) is 0 Å².